The largest absolute Gasteiger partial charge is 0.385 e. The van der Waals surface area contributed by atoms with E-state index in [4.69, 9.17) is 4.74 Å². The van der Waals surface area contributed by atoms with Gasteiger partial charge in [0.25, 0.3) is 0 Å². The number of hydrogen-bond acceptors (Lipinski definition) is 3. The Labute approximate surface area is 131 Å². The molecule has 0 bridgehead atoms. The molecule has 0 spiro atoms. The third kappa shape index (κ3) is 4.94. The van der Waals surface area contributed by atoms with Gasteiger partial charge in [-0.3, -0.25) is 4.90 Å². The van der Waals surface area contributed by atoms with E-state index in [1.54, 1.807) is 0 Å². The summed E-state index contributed by atoms with van der Waals surface area (Å²) in [4.78, 5) is 2.79. The Morgan fingerprint density at radius 2 is 2.00 bits per heavy atom. The van der Waals surface area contributed by atoms with Crippen LogP contribution in [-0.2, 0) is 4.74 Å². The molecule has 124 valence electrons. The van der Waals surface area contributed by atoms with Crippen molar-refractivity contribution < 1.29 is 4.74 Å². The Bertz CT molecular complexity index is 278. The Kier molecular flexibility index (Phi) is 7.48. The van der Waals surface area contributed by atoms with Crippen LogP contribution in [-0.4, -0.2) is 49.8 Å². The molecular weight excluding hydrogens is 260 g/mol. The maximum Gasteiger partial charge on any atom is 0.0477 e. The Morgan fingerprint density at radius 1 is 1.24 bits per heavy atom. The van der Waals surface area contributed by atoms with Crippen molar-refractivity contribution in [3.05, 3.63) is 0 Å². The third-order valence-corrected chi connectivity index (χ3v) is 5.64. The van der Waals surface area contributed by atoms with Crippen molar-refractivity contribution in [1.29, 1.82) is 0 Å². The van der Waals surface area contributed by atoms with Gasteiger partial charge in [0.15, 0.2) is 0 Å². The number of hydrogen-bond donors (Lipinski definition) is 1. The van der Waals surface area contributed by atoms with E-state index in [0.29, 0.717) is 6.04 Å². The normalized spacial score (nSPS) is 30.4. The van der Waals surface area contributed by atoms with E-state index in [1.807, 2.05) is 7.11 Å². The molecule has 0 amide bonds. The number of ether oxygens (including phenoxy) is 1. The first kappa shape index (κ1) is 17.2. The molecule has 2 fully saturated rings. The van der Waals surface area contributed by atoms with Gasteiger partial charge in [-0.05, 0) is 38.5 Å². The molecule has 0 aromatic carbocycles. The van der Waals surface area contributed by atoms with Crippen molar-refractivity contribution in [2.75, 3.05) is 26.8 Å². The summed E-state index contributed by atoms with van der Waals surface area (Å²) < 4.78 is 5.30. The summed E-state index contributed by atoms with van der Waals surface area (Å²) in [5.41, 5.74) is 0. The first-order valence-corrected chi connectivity index (χ1v) is 9.24. The first-order valence-electron chi connectivity index (χ1n) is 9.24. The van der Waals surface area contributed by atoms with Gasteiger partial charge in [-0.1, -0.05) is 32.6 Å². The molecule has 21 heavy (non-hydrogen) atoms. The number of nitrogens with one attached hydrogen (secondary N) is 1. The van der Waals surface area contributed by atoms with Crippen molar-refractivity contribution in [2.45, 2.75) is 83.3 Å². The van der Waals surface area contributed by atoms with Crippen molar-refractivity contribution in [3.63, 3.8) is 0 Å². The molecule has 2 rings (SSSR count). The molecule has 3 heteroatoms. The van der Waals surface area contributed by atoms with E-state index in [1.165, 1.54) is 58.0 Å². The average molecular weight is 296 g/mol. The fraction of sp³-hybridized carbons (Fsp3) is 1.00. The topological polar surface area (TPSA) is 24.5 Å². The quantitative estimate of drug-likeness (QED) is 0.779. The van der Waals surface area contributed by atoms with E-state index >= 15 is 0 Å². The van der Waals surface area contributed by atoms with E-state index < -0.39 is 0 Å². The molecule has 1 heterocycles. The molecule has 0 aromatic rings. The van der Waals surface area contributed by atoms with Crippen LogP contribution >= 0.6 is 0 Å². The van der Waals surface area contributed by atoms with Crippen LogP contribution in [0.5, 0.6) is 0 Å². The standard InChI is InChI=1S/C18H36N2O/c1-4-8-17-13-19-18(16-9-6-5-7-10-16)14-20(17)15(2)11-12-21-3/h15-19H,4-14H2,1-3H3. The summed E-state index contributed by atoms with van der Waals surface area (Å²) in [6.45, 7) is 8.03. The molecule has 3 unspecified atom stereocenters. The van der Waals surface area contributed by atoms with Gasteiger partial charge in [0.05, 0.1) is 0 Å². The Morgan fingerprint density at radius 3 is 2.67 bits per heavy atom. The average Bonchev–Trinajstić information content (AvgIpc) is 2.54. The predicted molar refractivity (Wildman–Crippen MR) is 89.7 cm³/mol. The zero-order chi connectivity index (χ0) is 15.1. The number of nitrogens with zero attached hydrogens (tertiary/aromatic N) is 1. The van der Waals surface area contributed by atoms with Crippen LogP contribution in [0.15, 0.2) is 0 Å². The summed E-state index contributed by atoms with van der Waals surface area (Å²) in [5, 5.41) is 3.89. The van der Waals surface area contributed by atoms with E-state index in [-0.39, 0.29) is 0 Å². The van der Waals surface area contributed by atoms with Crippen molar-refractivity contribution in [2.24, 2.45) is 5.92 Å². The van der Waals surface area contributed by atoms with E-state index in [0.717, 1.165) is 31.0 Å². The van der Waals surface area contributed by atoms with Crippen LogP contribution in [0.1, 0.15) is 65.2 Å². The zero-order valence-electron chi connectivity index (χ0n) is 14.4. The molecule has 1 saturated heterocycles. The van der Waals surface area contributed by atoms with Crippen LogP contribution in [0.3, 0.4) is 0 Å². The zero-order valence-corrected chi connectivity index (χ0v) is 14.4. The van der Waals surface area contributed by atoms with Crippen molar-refractivity contribution in [3.8, 4) is 0 Å². The highest BCUT2D eigenvalue weighted by Gasteiger charge is 2.34. The van der Waals surface area contributed by atoms with Crippen LogP contribution in [0.25, 0.3) is 0 Å². The molecule has 0 aromatic heterocycles. The summed E-state index contributed by atoms with van der Waals surface area (Å²) >= 11 is 0. The minimum absolute atomic E-state index is 0.648. The van der Waals surface area contributed by atoms with Crippen molar-refractivity contribution >= 4 is 0 Å². The molecule has 0 radical (unpaired) electrons. The first-order chi connectivity index (χ1) is 10.3. The molecule has 2 aliphatic rings. The molecule has 1 aliphatic carbocycles. The van der Waals surface area contributed by atoms with Gasteiger partial charge in [-0.25, -0.2) is 0 Å². The number of methoxy groups -OCH3 is 1. The van der Waals surface area contributed by atoms with Gasteiger partial charge in [-0.2, -0.15) is 0 Å². The van der Waals surface area contributed by atoms with E-state index in [9.17, 15) is 0 Å². The molecule has 1 aliphatic heterocycles. The van der Waals surface area contributed by atoms with Crippen LogP contribution < -0.4 is 5.32 Å². The fourth-order valence-corrected chi connectivity index (χ4v) is 4.29. The Hall–Kier alpha value is -0.120. The summed E-state index contributed by atoms with van der Waals surface area (Å²) in [5.74, 6) is 0.915. The summed E-state index contributed by atoms with van der Waals surface area (Å²) in [6.07, 6.45) is 11.0. The number of rotatable bonds is 7. The molecule has 1 N–H and O–H groups in total. The highest BCUT2D eigenvalue weighted by molar-refractivity contribution is 4.92. The summed E-state index contributed by atoms with van der Waals surface area (Å²) in [7, 11) is 1.82. The van der Waals surface area contributed by atoms with E-state index in [2.05, 4.69) is 24.1 Å². The lowest BCUT2D eigenvalue weighted by atomic mass is 9.82. The van der Waals surface area contributed by atoms with Gasteiger partial charge in [0, 0.05) is 44.9 Å². The SMILES string of the molecule is CCCC1CNC(C2CCCCC2)CN1C(C)CCOC. The monoisotopic (exact) mass is 296 g/mol. The second-order valence-corrected chi connectivity index (χ2v) is 7.18. The maximum absolute atomic E-state index is 5.30. The highest BCUT2D eigenvalue weighted by atomic mass is 16.5. The molecule has 3 atom stereocenters. The van der Waals surface area contributed by atoms with Crippen molar-refractivity contribution in [1.82, 2.24) is 10.2 Å². The lowest BCUT2D eigenvalue weighted by Gasteiger charge is -2.46. The van der Waals surface area contributed by atoms with Crippen LogP contribution in [0.2, 0.25) is 0 Å². The highest BCUT2D eigenvalue weighted by Crippen LogP contribution is 2.29. The van der Waals surface area contributed by atoms with Gasteiger partial charge in [0.1, 0.15) is 0 Å². The maximum atomic E-state index is 5.30. The number of piperazine rings is 1. The Balaban J connectivity index is 1.93. The van der Waals surface area contributed by atoms with Gasteiger partial charge in [0.2, 0.25) is 0 Å². The molecular formula is C18H36N2O. The minimum atomic E-state index is 0.648. The lowest BCUT2D eigenvalue weighted by molar-refractivity contribution is 0.0453. The lowest BCUT2D eigenvalue weighted by Crippen LogP contribution is -2.61. The second-order valence-electron chi connectivity index (χ2n) is 7.18. The minimum Gasteiger partial charge on any atom is -0.385 e. The van der Waals surface area contributed by atoms with Gasteiger partial charge < -0.3 is 10.1 Å². The van der Waals surface area contributed by atoms with Gasteiger partial charge in [-0.15, -0.1) is 0 Å². The molecule has 3 nitrogen and oxygen atoms in total. The van der Waals surface area contributed by atoms with Gasteiger partial charge >= 0.3 is 0 Å². The third-order valence-electron chi connectivity index (χ3n) is 5.64. The molecule has 1 saturated carbocycles. The van der Waals surface area contributed by atoms with Crippen LogP contribution in [0, 0.1) is 5.92 Å². The fourth-order valence-electron chi connectivity index (χ4n) is 4.29. The summed E-state index contributed by atoms with van der Waals surface area (Å²) in [6, 6.07) is 2.10. The second kappa shape index (κ2) is 9.12. The smallest absolute Gasteiger partial charge is 0.0477 e. The predicted octanol–water partition coefficient (Wildman–Crippen LogP) is 3.43. The van der Waals surface area contributed by atoms with Crippen LogP contribution in [0.4, 0.5) is 0 Å².